The van der Waals surface area contributed by atoms with Gasteiger partial charge in [0.2, 0.25) is 5.91 Å². The first-order valence-corrected chi connectivity index (χ1v) is 33.3. The highest BCUT2D eigenvalue weighted by Crippen LogP contribution is 2.43. The third kappa shape index (κ3) is 60.6. The Morgan fingerprint density at radius 2 is 0.792 bits per heavy atom. The van der Waals surface area contributed by atoms with Crippen LogP contribution in [-0.4, -0.2) is 73.4 Å². The average Bonchev–Trinajstić information content (AvgIpc) is 3.39. The van der Waals surface area contributed by atoms with Crippen molar-refractivity contribution in [2.75, 3.05) is 40.9 Å². The van der Waals surface area contributed by atoms with Gasteiger partial charge >= 0.3 is 7.82 Å². The Labute approximate surface area is 476 Å². The Morgan fingerprint density at radius 3 is 1.19 bits per heavy atom. The molecule has 0 spiro atoms. The van der Waals surface area contributed by atoms with Crippen molar-refractivity contribution in [3.05, 3.63) is 109 Å². The van der Waals surface area contributed by atoms with Crippen LogP contribution in [0.4, 0.5) is 0 Å². The Hall–Kier alpha value is -2.84. The summed E-state index contributed by atoms with van der Waals surface area (Å²) in [7, 11) is 1.55. The predicted molar refractivity (Wildman–Crippen MR) is 336 cm³/mol. The van der Waals surface area contributed by atoms with Crippen molar-refractivity contribution in [1.82, 2.24) is 5.32 Å². The van der Waals surface area contributed by atoms with Crippen LogP contribution in [0, 0.1) is 0 Å². The molecule has 3 atom stereocenters. The summed E-state index contributed by atoms with van der Waals surface area (Å²) in [5, 5.41) is 13.9. The van der Waals surface area contributed by atoms with Gasteiger partial charge in [-0.15, -0.1) is 0 Å². The van der Waals surface area contributed by atoms with Crippen molar-refractivity contribution >= 4 is 13.7 Å². The molecule has 0 radical (unpaired) electrons. The molecule has 0 aromatic carbocycles. The number of rotatable bonds is 57. The van der Waals surface area contributed by atoms with Gasteiger partial charge in [0.1, 0.15) is 13.2 Å². The van der Waals surface area contributed by atoms with E-state index in [-0.39, 0.29) is 19.1 Å². The minimum atomic E-state index is -4.36. The molecule has 1 amide bonds. The molecule has 0 saturated heterocycles. The molecule has 8 nitrogen and oxygen atoms in total. The van der Waals surface area contributed by atoms with Crippen LogP contribution in [0.1, 0.15) is 264 Å². The number of phosphoric ester groups is 1. The van der Waals surface area contributed by atoms with Gasteiger partial charge in [0, 0.05) is 6.42 Å². The van der Waals surface area contributed by atoms with Gasteiger partial charge in [-0.2, -0.15) is 0 Å². The van der Waals surface area contributed by atoms with Crippen LogP contribution in [-0.2, 0) is 18.4 Å². The Morgan fingerprint density at radius 1 is 0.455 bits per heavy atom. The molecular weight excluding hydrogens is 972 g/mol. The maximum atomic E-state index is 13.0. The number of unbranched alkanes of at least 4 members (excludes halogenated alkanes) is 28. The molecular formula is C68H122N2O6P+. The molecule has 0 aromatic heterocycles. The van der Waals surface area contributed by atoms with Crippen molar-refractivity contribution in [2.45, 2.75) is 276 Å². The largest absolute Gasteiger partial charge is 0.472 e. The first-order chi connectivity index (χ1) is 37.5. The van der Waals surface area contributed by atoms with E-state index < -0.39 is 20.0 Å². The van der Waals surface area contributed by atoms with Crippen LogP contribution in [0.5, 0.6) is 0 Å². The summed E-state index contributed by atoms with van der Waals surface area (Å²) in [6, 6.07) is -0.866. The highest BCUT2D eigenvalue weighted by atomic mass is 31.2. The molecule has 444 valence electrons. The van der Waals surface area contributed by atoms with Crippen LogP contribution in [0.15, 0.2) is 109 Å². The summed E-state index contributed by atoms with van der Waals surface area (Å²) in [6.45, 7) is 4.68. The number of nitrogens with one attached hydrogen (secondary N) is 1. The zero-order valence-electron chi connectivity index (χ0n) is 50.7. The van der Waals surface area contributed by atoms with E-state index >= 15 is 0 Å². The zero-order chi connectivity index (χ0) is 56.3. The lowest BCUT2D eigenvalue weighted by Gasteiger charge is -2.25. The number of allylic oxidation sites excluding steroid dienone is 17. The number of hydrogen-bond acceptors (Lipinski definition) is 5. The minimum Gasteiger partial charge on any atom is -0.387 e. The molecule has 0 rings (SSSR count). The van der Waals surface area contributed by atoms with Gasteiger partial charge in [0.15, 0.2) is 0 Å². The normalized spacial score (nSPS) is 14.5. The number of aliphatic hydroxyl groups excluding tert-OH is 1. The van der Waals surface area contributed by atoms with E-state index in [1.807, 2.05) is 27.2 Å². The fraction of sp³-hybridized carbons (Fsp3) is 0.721. The second-order valence-corrected chi connectivity index (χ2v) is 23.8. The third-order valence-corrected chi connectivity index (χ3v) is 14.7. The molecule has 3 unspecified atom stereocenters. The number of hydrogen-bond donors (Lipinski definition) is 3. The monoisotopic (exact) mass is 1090 g/mol. The van der Waals surface area contributed by atoms with Crippen LogP contribution in [0.25, 0.3) is 0 Å². The van der Waals surface area contributed by atoms with Gasteiger partial charge in [-0.25, -0.2) is 4.57 Å². The van der Waals surface area contributed by atoms with Crippen molar-refractivity contribution < 1.29 is 32.9 Å². The van der Waals surface area contributed by atoms with E-state index in [1.165, 1.54) is 161 Å². The second-order valence-electron chi connectivity index (χ2n) is 22.4. The number of amides is 1. The van der Waals surface area contributed by atoms with E-state index in [0.717, 1.165) is 83.5 Å². The first-order valence-electron chi connectivity index (χ1n) is 31.8. The molecule has 9 heteroatoms. The molecule has 0 aliphatic rings. The van der Waals surface area contributed by atoms with E-state index in [4.69, 9.17) is 9.05 Å². The number of quaternary nitrogens is 1. The summed E-state index contributed by atoms with van der Waals surface area (Å²) in [5.74, 6) is -0.188. The van der Waals surface area contributed by atoms with E-state index in [2.05, 4.69) is 116 Å². The van der Waals surface area contributed by atoms with Crippen LogP contribution < -0.4 is 5.32 Å². The number of carbonyl (C=O) groups is 1. The molecule has 0 fully saturated rings. The molecule has 0 aliphatic carbocycles. The van der Waals surface area contributed by atoms with E-state index in [9.17, 15) is 19.4 Å². The van der Waals surface area contributed by atoms with Gasteiger partial charge in [0.25, 0.3) is 0 Å². The first kappa shape index (κ1) is 74.2. The van der Waals surface area contributed by atoms with Gasteiger partial charge in [0.05, 0.1) is 39.9 Å². The maximum Gasteiger partial charge on any atom is 0.472 e. The van der Waals surface area contributed by atoms with Crippen molar-refractivity contribution in [1.29, 1.82) is 0 Å². The second kappa shape index (κ2) is 57.8. The summed E-state index contributed by atoms with van der Waals surface area (Å²) in [6.07, 6.45) is 85.1. The molecule has 0 bridgehead atoms. The van der Waals surface area contributed by atoms with Gasteiger partial charge in [-0.05, 0) is 89.9 Å². The fourth-order valence-corrected chi connectivity index (χ4v) is 9.54. The lowest BCUT2D eigenvalue weighted by Crippen LogP contribution is -2.45. The Balaban J connectivity index is 3.97. The lowest BCUT2D eigenvalue weighted by molar-refractivity contribution is -0.870. The van der Waals surface area contributed by atoms with Crippen molar-refractivity contribution in [3.63, 3.8) is 0 Å². The van der Waals surface area contributed by atoms with E-state index in [1.54, 1.807) is 6.08 Å². The minimum absolute atomic E-state index is 0.0538. The molecule has 3 N–H and O–H groups in total. The summed E-state index contributed by atoms with van der Waals surface area (Å²) in [4.78, 5) is 23.3. The summed E-state index contributed by atoms with van der Waals surface area (Å²) < 4.78 is 23.7. The Bertz CT molecular complexity index is 1620. The number of carbonyl (C=O) groups excluding carboxylic acids is 1. The molecule has 0 saturated carbocycles. The third-order valence-electron chi connectivity index (χ3n) is 13.7. The van der Waals surface area contributed by atoms with Crippen LogP contribution >= 0.6 is 7.82 Å². The highest BCUT2D eigenvalue weighted by molar-refractivity contribution is 7.47. The SMILES string of the molecule is CC/C=C\C/C=C\C/C=C\C/C=C\C/C=C\C/C=C\C/C=C\CCCCCCCCCCCCCCCCCCCCCC(=O)NC(COP(=O)(O)OCC[N+](C)(C)C)C(O)/C=C/CC/C=C/CCCCCCCCCC. The summed E-state index contributed by atoms with van der Waals surface area (Å²) in [5.41, 5.74) is 0. The Kier molecular flexibility index (Phi) is 55.7. The number of likely N-dealkylation sites (N-methyl/N-ethyl adjacent to an activating group) is 1. The van der Waals surface area contributed by atoms with E-state index in [0.29, 0.717) is 17.4 Å². The van der Waals surface area contributed by atoms with Crippen LogP contribution in [0.2, 0.25) is 0 Å². The zero-order valence-corrected chi connectivity index (χ0v) is 51.6. The van der Waals surface area contributed by atoms with Gasteiger partial charge < -0.3 is 19.8 Å². The molecule has 77 heavy (non-hydrogen) atoms. The topological polar surface area (TPSA) is 105 Å². The molecule has 0 aliphatic heterocycles. The number of aliphatic hydroxyl groups is 1. The predicted octanol–water partition coefficient (Wildman–Crippen LogP) is 19.9. The van der Waals surface area contributed by atoms with Crippen molar-refractivity contribution in [2.24, 2.45) is 0 Å². The van der Waals surface area contributed by atoms with Crippen molar-refractivity contribution in [3.8, 4) is 0 Å². The van der Waals surface area contributed by atoms with Crippen LogP contribution in [0.3, 0.4) is 0 Å². The summed E-state index contributed by atoms with van der Waals surface area (Å²) >= 11 is 0. The standard InChI is InChI=1S/C68H121N2O6P/c1-6-8-10-12-14-16-18-20-22-23-24-25-26-27-28-29-30-31-32-33-34-35-36-37-38-39-40-41-42-43-44-45-46-47-48-50-52-54-56-58-60-62-68(72)69-66(65-76-77(73,74)75-64-63-70(3,4)5)67(71)61-59-57-55-53-51-49-21-19-17-15-13-11-9-7-2/h8,10,14,16,20,22,24-25,27-28,30-31,33-34,51,53,59,61,66-67,71H,6-7,9,11-13,15,17-19,21,23,26,29,32,35-50,52,54-58,60,62-65H2,1-5H3,(H-,69,72,73,74)/p+1/b10-8-,16-14-,22-20-,25-24-,28-27-,31-30-,34-33-,53-51+,61-59+. The lowest BCUT2D eigenvalue weighted by atomic mass is 10.0. The maximum absolute atomic E-state index is 13.0. The number of phosphoric acid groups is 1. The fourth-order valence-electron chi connectivity index (χ4n) is 8.80. The highest BCUT2D eigenvalue weighted by Gasteiger charge is 2.27. The molecule has 0 aromatic rings. The quantitative estimate of drug-likeness (QED) is 0.0243. The smallest absolute Gasteiger partial charge is 0.387 e. The average molecular weight is 1090 g/mol. The van der Waals surface area contributed by atoms with Gasteiger partial charge in [-0.1, -0.05) is 277 Å². The number of nitrogens with zero attached hydrogens (tertiary/aromatic N) is 1. The van der Waals surface area contributed by atoms with Gasteiger partial charge in [-0.3, -0.25) is 13.8 Å². The molecule has 0 heterocycles.